The number of unbranched alkanes of at least 4 members (excludes halogenated alkanes) is 1. The molecule has 0 atom stereocenters. The highest BCUT2D eigenvalue weighted by atomic mass is 16.6. The number of rotatable bonds is 29. The first kappa shape index (κ1) is 39.9. The Bertz CT molecular complexity index is 673. The number of aliphatic carboxylic acids is 1. The number of ether oxygens (including phenoxy) is 9. The van der Waals surface area contributed by atoms with E-state index in [4.69, 9.17) is 47.7 Å². The SMILES string of the molecule is CN(CCOCCOCCOCCOCCOCCOCCOCCOC(=O)CCCCC(=O)O)C(=O)OC(C)(C)C. The van der Waals surface area contributed by atoms with Gasteiger partial charge in [0, 0.05) is 26.4 Å². The van der Waals surface area contributed by atoms with Gasteiger partial charge in [0.25, 0.3) is 0 Å². The zero-order valence-electron chi connectivity index (χ0n) is 25.9. The number of hydrogen-bond donors (Lipinski definition) is 1. The van der Waals surface area contributed by atoms with Crippen LogP contribution in [-0.4, -0.2) is 146 Å². The molecule has 0 fully saturated rings. The summed E-state index contributed by atoms with van der Waals surface area (Å²) in [5.74, 6) is -1.22. The summed E-state index contributed by atoms with van der Waals surface area (Å²) in [6, 6.07) is 0. The van der Waals surface area contributed by atoms with Gasteiger partial charge in [0.05, 0.1) is 92.5 Å². The fourth-order valence-corrected chi connectivity index (χ4v) is 2.89. The zero-order valence-corrected chi connectivity index (χ0v) is 25.9. The van der Waals surface area contributed by atoms with Crippen molar-refractivity contribution in [1.82, 2.24) is 4.90 Å². The Morgan fingerprint density at radius 3 is 1.31 bits per heavy atom. The van der Waals surface area contributed by atoms with Gasteiger partial charge in [0.15, 0.2) is 0 Å². The predicted molar refractivity (Wildman–Crippen MR) is 152 cm³/mol. The van der Waals surface area contributed by atoms with E-state index in [0.717, 1.165) is 0 Å². The van der Waals surface area contributed by atoms with Crippen molar-refractivity contribution < 1.29 is 62.1 Å². The van der Waals surface area contributed by atoms with Crippen LogP contribution in [0.2, 0.25) is 0 Å². The predicted octanol–water partition coefficient (Wildman–Crippen LogP) is 2.16. The van der Waals surface area contributed by atoms with Gasteiger partial charge in [0.2, 0.25) is 0 Å². The van der Waals surface area contributed by atoms with Gasteiger partial charge in [-0.1, -0.05) is 0 Å². The Kier molecular flexibility index (Phi) is 26.4. The minimum atomic E-state index is -0.865. The molecule has 42 heavy (non-hydrogen) atoms. The topological polar surface area (TPSA) is 158 Å². The molecule has 0 aromatic rings. The lowest BCUT2D eigenvalue weighted by molar-refractivity contribution is -0.146. The Hall–Kier alpha value is -2.07. The molecule has 0 aliphatic carbocycles. The summed E-state index contributed by atoms with van der Waals surface area (Å²) in [4.78, 5) is 35.2. The van der Waals surface area contributed by atoms with Crippen LogP contribution in [-0.2, 0) is 52.2 Å². The smallest absolute Gasteiger partial charge is 0.410 e. The third kappa shape index (κ3) is 30.9. The van der Waals surface area contributed by atoms with Crippen LogP contribution in [0.1, 0.15) is 46.5 Å². The largest absolute Gasteiger partial charge is 0.481 e. The maximum absolute atomic E-state index is 11.8. The van der Waals surface area contributed by atoms with E-state index in [1.807, 2.05) is 20.8 Å². The van der Waals surface area contributed by atoms with Crippen LogP contribution in [0.3, 0.4) is 0 Å². The normalized spacial score (nSPS) is 11.4. The maximum atomic E-state index is 11.8. The van der Waals surface area contributed by atoms with E-state index >= 15 is 0 Å². The molecule has 0 saturated carbocycles. The van der Waals surface area contributed by atoms with Crippen molar-refractivity contribution in [2.45, 2.75) is 52.1 Å². The summed E-state index contributed by atoms with van der Waals surface area (Å²) in [7, 11) is 1.67. The molecule has 248 valence electrons. The van der Waals surface area contributed by atoms with Crippen molar-refractivity contribution in [2.24, 2.45) is 0 Å². The first-order valence-corrected chi connectivity index (χ1v) is 14.5. The van der Waals surface area contributed by atoms with Crippen LogP contribution in [0.4, 0.5) is 4.79 Å². The molecule has 14 nitrogen and oxygen atoms in total. The summed E-state index contributed by atoms with van der Waals surface area (Å²) in [5.41, 5.74) is -0.517. The van der Waals surface area contributed by atoms with E-state index in [1.54, 1.807) is 7.05 Å². The average Bonchev–Trinajstić information content (AvgIpc) is 2.92. The second-order valence-electron chi connectivity index (χ2n) is 10.0. The molecule has 0 aromatic heterocycles. The van der Waals surface area contributed by atoms with Crippen LogP contribution < -0.4 is 0 Å². The lowest BCUT2D eigenvalue weighted by Crippen LogP contribution is -2.36. The summed E-state index contributed by atoms with van der Waals surface area (Å²) in [6.07, 6.45) is 0.853. The Labute approximate surface area is 250 Å². The average molecular weight is 612 g/mol. The molecule has 0 rings (SSSR count). The highest BCUT2D eigenvalue weighted by Crippen LogP contribution is 2.08. The molecule has 0 aromatic carbocycles. The molecular formula is C28H53NO13. The Balaban J connectivity index is 3.22. The van der Waals surface area contributed by atoms with Crippen LogP contribution in [0.25, 0.3) is 0 Å². The second kappa shape index (κ2) is 27.7. The summed E-state index contributed by atoms with van der Waals surface area (Å²) >= 11 is 0. The van der Waals surface area contributed by atoms with E-state index in [-0.39, 0.29) is 38.1 Å². The number of carbonyl (C=O) groups is 3. The van der Waals surface area contributed by atoms with E-state index in [1.165, 1.54) is 4.90 Å². The Morgan fingerprint density at radius 1 is 0.571 bits per heavy atom. The first-order valence-electron chi connectivity index (χ1n) is 14.5. The van der Waals surface area contributed by atoms with Gasteiger partial charge in [-0.05, 0) is 33.6 Å². The molecule has 0 saturated heterocycles. The van der Waals surface area contributed by atoms with Crippen LogP contribution in [0, 0.1) is 0 Å². The minimum absolute atomic E-state index is 0.0582. The molecule has 0 heterocycles. The standard InChI is InChI=1S/C28H53NO13/c1-28(2,3)42-27(33)29(4)9-10-34-11-12-35-13-14-36-15-16-37-17-18-38-19-20-39-21-22-40-23-24-41-26(32)8-6-5-7-25(30)31/h5-24H2,1-4H3,(H,30,31). The van der Waals surface area contributed by atoms with E-state index in [9.17, 15) is 14.4 Å². The zero-order chi connectivity index (χ0) is 31.3. The van der Waals surface area contributed by atoms with E-state index in [0.29, 0.717) is 105 Å². The molecule has 1 amide bonds. The van der Waals surface area contributed by atoms with Gasteiger partial charge >= 0.3 is 18.0 Å². The van der Waals surface area contributed by atoms with E-state index in [2.05, 4.69) is 0 Å². The van der Waals surface area contributed by atoms with Gasteiger partial charge in [-0.2, -0.15) is 0 Å². The summed E-state index contributed by atoms with van der Waals surface area (Å²) < 4.78 is 48.2. The van der Waals surface area contributed by atoms with Gasteiger partial charge in [0.1, 0.15) is 12.2 Å². The van der Waals surface area contributed by atoms with Crippen molar-refractivity contribution >= 4 is 18.0 Å². The van der Waals surface area contributed by atoms with Crippen molar-refractivity contribution in [3.8, 4) is 0 Å². The third-order valence-electron chi connectivity index (χ3n) is 5.02. The second-order valence-corrected chi connectivity index (χ2v) is 10.0. The number of carboxylic acid groups (broad SMARTS) is 1. The van der Waals surface area contributed by atoms with Gasteiger partial charge in [-0.25, -0.2) is 4.79 Å². The molecule has 0 aliphatic rings. The van der Waals surface area contributed by atoms with Crippen molar-refractivity contribution in [3.63, 3.8) is 0 Å². The number of carbonyl (C=O) groups excluding carboxylic acids is 2. The monoisotopic (exact) mass is 611 g/mol. The Morgan fingerprint density at radius 2 is 0.929 bits per heavy atom. The summed E-state index contributed by atoms with van der Waals surface area (Å²) in [6.45, 7) is 12.1. The van der Waals surface area contributed by atoms with Crippen molar-refractivity contribution in [3.05, 3.63) is 0 Å². The highest BCUT2D eigenvalue weighted by molar-refractivity contribution is 5.69. The molecule has 0 spiro atoms. The van der Waals surface area contributed by atoms with Crippen LogP contribution in [0.15, 0.2) is 0 Å². The lowest BCUT2D eigenvalue weighted by Gasteiger charge is -2.24. The highest BCUT2D eigenvalue weighted by Gasteiger charge is 2.19. The van der Waals surface area contributed by atoms with Crippen LogP contribution >= 0.6 is 0 Å². The molecule has 0 unspecified atom stereocenters. The van der Waals surface area contributed by atoms with Gasteiger partial charge < -0.3 is 52.6 Å². The van der Waals surface area contributed by atoms with Crippen LogP contribution in [0.5, 0.6) is 0 Å². The molecule has 0 radical (unpaired) electrons. The number of likely N-dealkylation sites (N-methyl/N-ethyl adjacent to an activating group) is 1. The van der Waals surface area contributed by atoms with Crippen molar-refractivity contribution in [2.75, 3.05) is 113 Å². The number of carboxylic acids is 1. The lowest BCUT2D eigenvalue weighted by atomic mass is 10.2. The van der Waals surface area contributed by atoms with Gasteiger partial charge in [-0.3, -0.25) is 9.59 Å². The third-order valence-corrected chi connectivity index (χ3v) is 5.02. The summed E-state index contributed by atoms with van der Waals surface area (Å²) in [5, 5.41) is 8.53. The quantitative estimate of drug-likeness (QED) is 0.0970. The van der Waals surface area contributed by atoms with E-state index < -0.39 is 11.6 Å². The number of esters is 1. The van der Waals surface area contributed by atoms with Gasteiger partial charge in [-0.15, -0.1) is 0 Å². The number of hydrogen-bond acceptors (Lipinski definition) is 12. The maximum Gasteiger partial charge on any atom is 0.410 e. The fourth-order valence-electron chi connectivity index (χ4n) is 2.89. The fraction of sp³-hybridized carbons (Fsp3) is 0.893. The first-order chi connectivity index (χ1) is 20.1. The number of nitrogens with zero attached hydrogens (tertiary/aromatic N) is 1. The molecular weight excluding hydrogens is 558 g/mol. The van der Waals surface area contributed by atoms with Crippen molar-refractivity contribution in [1.29, 1.82) is 0 Å². The molecule has 0 aliphatic heterocycles. The molecule has 1 N–H and O–H groups in total. The minimum Gasteiger partial charge on any atom is -0.481 e. The number of amides is 1. The molecule has 0 bridgehead atoms. The molecule has 14 heteroatoms.